The van der Waals surface area contributed by atoms with E-state index >= 15 is 0 Å². The predicted molar refractivity (Wildman–Crippen MR) is 110 cm³/mol. The van der Waals surface area contributed by atoms with Crippen LogP contribution in [0.15, 0.2) is 57.5 Å². The van der Waals surface area contributed by atoms with Crippen LogP contribution >= 0.6 is 0 Å². The van der Waals surface area contributed by atoms with Crippen LogP contribution in [0.2, 0.25) is 0 Å². The molecule has 1 amide bonds. The molecule has 2 aromatic carbocycles. The molecule has 1 N–H and O–H groups in total. The zero-order valence-electron chi connectivity index (χ0n) is 16.6. The Morgan fingerprint density at radius 1 is 1.16 bits per heavy atom. The summed E-state index contributed by atoms with van der Waals surface area (Å²) >= 11 is 0. The maximum Gasteiger partial charge on any atom is 0.288 e. The molecule has 0 aliphatic rings. The molecule has 10 heteroatoms. The number of carbonyl (C=O) groups is 1. The fourth-order valence-corrected chi connectivity index (χ4v) is 3.95. The molecule has 8 nitrogen and oxygen atoms in total. The van der Waals surface area contributed by atoms with Crippen molar-refractivity contribution in [3.63, 3.8) is 0 Å². The number of amides is 1. The Bertz CT molecular complexity index is 1360. The van der Waals surface area contributed by atoms with Gasteiger partial charge in [0.1, 0.15) is 17.4 Å². The van der Waals surface area contributed by atoms with E-state index in [0.29, 0.717) is 22.1 Å². The molecule has 4 aromatic rings. The maximum absolute atomic E-state index is 13.1. The van der Waals surface area contributed by atoms with Crippen LogP contribution in [0.5, 0.6) is 0 Å². The summed E-state index contributed by atoms with van der Waals surface area (Å²) in [6.07, 6.45) is 1.09. The molecule has 0 saturated carbocycles. The molecule has 31 heavy (non-hydrogen) atoms. The number of rotatable bonds is 6. The number of nitrogens with zero attached hydrogens (tertiary/aromatic N) is 2. The average molecular weight is 443 g/mol. The van der Waals surface area contributed by atoms with Gasteiger partial charge in [-0.3, -0.25) is 4.79 Å². The zero-order chi connectivity index (χ0) is 22.2. The summed E-state index contributed by atoms with van der Waals surface area (Å²) in [5.41, 5.74) is 1.26. The molecule has 2 aromatic heterocycles. The van der Waals surface area contributed by atoms with Gasteiger partial charge in [-0.15, -0.1) is 0 Å². The lowest BCUT2D eigenvalue weighted by atomic mass is 10.1. The van der Waals surface area contributed by atoms with Crippen molar-refractivity contribution in [3.05, 3.63) is 71.6 Å². The summed E-state index contributed by atoms with van der Waals surface area (Å²) in [5, 5.41) is 7.10. The number of nitrogens with one attached hydrogen (secondary N) is 1. The highest BCUT2D eigenvalue weighted by Gasteiger charge is 2.26. The lowest BCUT2D eigenvalue weighted by molar-refractivity contribution is 0.0905. The number of sulfone groups is 1. The fraction of sp³-hybridized carbons (Fsp3) is 0.190. The minimum atomic E-state index is -3.41. The van der Waals surface area contributed by atoms with Crippen molar-refractivity contribution in [1.29, 1.82) is 0 Å². The summed E-state index contributed by atoms with van der Waals surface area (Å²) in [5.74, 6) is -1.04. The van der Waals surface area contributed by atoms with E-state index in [-0.39, 0.29) is 29.0 Å². The van der Waals surface area contributed by atoms with Crippen molar-refractivity contribution < 1.29 is 26.5 Å². The van der Waals surface area contributed by atoms with Crippen LogP contribution < -0.4 is 5.32 Å². The van der Waals surface area contributed by atoms with Crippen molar-refractivity contribution in [1.82, 2.24) is 15.5 Å². The fourth-order valence-electron chi connectivity index (χ4n) is 3.14. The van der Waals surface area contributed by atoms with E-state index < -0.39 is 21.8 Å². The minimum absolute atomic E-state index is 0.0863. The Hall–Kier alpha value is -3.53. The number of fused-ring (bicyclic) bond motifs is 1. The Balaban J connectivity index is 1.59. The van der Waals surface area contributed by atoms with Gasteiger partial charge in [0.15, 0.2) is 15.6 Å². The lowest BCUT2D eigenvalue weighted by Crippen LogP contribution is -2.27. The van der Waals surface area contributed by atoms with Crippen molar-refractivity contribution in [2.75, 3.05) is 6.26 Å². The maximum atomic E-state index is 13.1. The van der Waals surface area contributed by atoms with Gasteiger partial charge in [-0.25, -0.2) is 12.8 Å². The van der Waals surface area contributed by atoms with Crippen LogP contribution in [0.4, 0.5) is 4.39 Å². The number of benzene rings is 2. The molecular weight excluding hydrogens is 425 g/mol. The van der Waals surface area contributed by atoms with Gasteiger partial charge in [0.2, 0.25) is 11.7 Å². The normalized spacial score (nSPS) is 12.7. The van der Waals surface area contributed by atoms with E-state index in [1.807, 2.05) is 0 Å². The van der Waals surface area contributed by atoms with Gasteiger partial charge < -0.3 is 14.3 Å². The van der Waals surface area contributed by atoms with Crippen LogP contribution in [0.3, 0.4) is 0 Å². The van der Waals surface area contributed by atoms with Crippen LogP contribution in [-0.2, 0) is 15.6 Å². The zero-order valence-corrected chi connectivity index (χ0v) is 17.4. The van der Waals surface area contributed by atoms with E-state index in [1.54, 1.807) is 31.2 Å². The standard InChI is InChI=1S/C21H18FN3O5S/c1-12(21-24-19(25-30-21)13-7-9-14(22)10-8-13)23-20(26)18-16(11-31(2,27)28)15-5-3-4-6-17(15)29-18/h3-10,12H,11H2,1-2H3,(H,23,26). The lowest BCUT2D eigenvalue weighted by Gasteiger charge is -2.09. The number of carbonyl (C=O) groups excluding carboxylic acids is 1. The largest absolute Gasteiger partial charge is 0.451 e. The van der Waals surface area contributed by atoms with E-state index in [9.17, 15) is 17.6 Å². The van der Waals surface area contributed by atoms with Crippen molar-refractivity contribution in [2.24, 2.45) is 0 Å². The topological polar surface area (TPSA) is 115 Å². The third-order valence-electron chi connectivity index (χ3n) is 4.57. The molecule has 0 fully saturated rings. The van der Waals surface area contributed by atoms with Crippen LogP contribution in [-0.4, -0.2) is 30.7 Å². The summed E-state index contributed by atoms with van der Waals surface area (Å²) in [4.78, 5) is 17.1. The Morgan fingerprint density at radius 3 is 2.58 bits per heavy atom. The Labute approximate surface area is 177 Å². The molecule has 0 spiro atoms. The van der Waals surface area contributed by atoms with Gasteiger partial charge in [-0.2, -0.15) is 4.98 Å². The molecule has 4 rings (SSSR count). The van der Waals surface area contributed by atoms with Gasteiger partial charge in [-0.1, -0.05) is 23.4 Å². The summed E-state index contributed by atoms with van der Waals surface area (Å²) < 4.78 is 47.7. The van der Waals surface area contributed by atoms with Gasteiger partial charge in [0.25, 0.3) is 5.91 Å². The molecule has 2 heterocycles. The first-order valence-electron chi connectivity index (χ1n) is 9.30. The Kier molecular flexibility index (Phi) is 5.32. The first-order chi connectivity index (χ1) is 14.7. The molecule has 0 saturated heterocycles. The molecule has 0 bridgehead atoms. The van der Waals surface area contributed by atoms with Crippen LogP contribution in [0.25, 0.3) is 22.4 Å². The molecule has 160 valence electrons. The number of furan rings is 1. The number of hydrogen-bond donors (Lipinski definition) is 1. The van der Waals surface area contributed by atoms with Gasteiger partial charge >= 0.3 is 0 Å². The number of para-hydroxylation sites is 1. The van der Waals surface area contributed by atoms with Crippen molar-refractivity contribution in [3.8, 4) is 11.4 Å². The van der Waals surface area contributed by atoms with Crippen LogP contribution in [0, 0.1) is 5.82 Å². The highest BCUT2D eigenvalue weighted by atomic mass is 32.2. The highest BCUT2D eigenvalue weighted by Crippen LogP contribution is 2.28. The number of hydrogen-bond acceptors (Lipinski definition) is 7. The molecule has 1 unspecified atom stereocenters. The second-order valence-electron chi connectivity index (χ2n) is 7.13. The Morgan fingerprint density at radius 2 is 1.87 bits per heavy atom. The molecule has 0 radical (unpaired) electrons. The first kappa shape index (κ1) is 20.7. The predicted octanol–water partition coefficient (Wildman–Crippen LogP) is 3.66. The van der Waals surface area contributed by atoms with Crippen LogP contribution in [0.1, 0.15) is 35.0 Å². The summed E-state index contributed by atoms with van der Waals surface area (Å²) in [7, 11) is -3.41. The quantitative estimate of drug-likeness (QED) is 0.483. The van der Waals surface area contributed by atoms with Gasteiger partial charge in [0.05, 0.1) is 5.75 Å². The average Bonchev–Trinajstić information content (AvgIpc) is 3.33. The second-order valence-corrected chi connectivity index (χ2v) is 9.27. The van der Waals surface area contributed by atoms with Crippen molar-refractivity contribution >= 4 is 26.7 Å². The van der Waals surface area contributed by atoms with E-state index in [2.05, 4.69) is 15.5 Å². The smallest absolute Gasteiger partial charge is 0.288 e. The number of halogens is 1. The second kappa shape index (κ2) is 7.95. The SMILES string of the molecule is CC(NC(=O)c1oc2ccccc2c1CS(C)(=O)=O)c1nc(-c2ccc(F)cc2)no1. The molecule has 1 atom stereocenters. The summed E-state index contributed by atoms with van der Waals surface area (Å²) in [6.45, 7) is 1.64. The molecule has 0 aliphatic carbocycles. The van der Waals surface area contributed by atoms with E-state index in [1.165, 1.54) is 24.3 Å². The first-order valence-corrected chi connectivity index (χ1v) is 11.4. The third-order valence-corrected chi connectivity index (χ3v) is 5.39. The summed E-state index contributed by atoms with van der Waals surface area (Å²) in [6, 6.07) is 11.7. The van der Waals surface area contributed by atoms with Crippen molar-refractivity contribution in [2.45, 2.75) is 18.7 Å². The molecule has 0 aliphatic heterocycles. The van der Waals surface area contributed by atoms with Gasteiger partial charge in [0, 0.05) is 22.8 Å². The monoisotopic (exact) mass is 443 g/mol. The van der Waals surface area contributed by atoms with E-state index in [4.69, 9.17) is 8.94 Å². The van der Waals surface area contributed by atoms with Gasteiger partial charge in [-0.05, 0) is 37.3 Å². The number of aromatic nitrogens is 2. The minimum Gasteiger partial charge on any atom is -0.451 e. The van der Waals surface area contributed by atoms with E-state index in [0.717, 1.165) is 6.26 Å². The molecular formula is C21H18FN3O5S. The third kappa shape index (κ3) is 4.48. The highest BCUT2D eigenvalue weighted by molar-refractivity contribution is 7.89.